The quantitative estimate of drug-likeness (QED) is 0.782. The van der Waals surface area contributed by atoms with Gasteiger partial charge in [-0.15, -0.1) is 10.2 Å². The summed E-state index contributed by atoms with van der Waals surface area (Å²) in [6, 6.07) is 0. The third kappa shape index (κ3) is 4.21. The van der Waals surface area contributed by atoms with Crippen LogP contribution < -0.4 is 11.1 Å². The number of nitrogens with one attached hydrogen (secondary N) is 1. The number of amides is 2. The Balaban J connectivity index is 1.37. The second-order valence-corrected chi connectivity index (χ2v) is 7.27. The minimum atomic E-state index is -0.269. The normalized spacial score (nSPS) is 21.8. The summed E-state index contributed by atoms with van der Waals surface area (Å²) in [5.74, 6) is 0.106. The second kappa shape index (κ2) is 7.89. The standard InChI is InChI=1S/C15H23N5O3S/c16-15-19-18-12(24-15)3-6-17-13(21)10-4-7-20(8-5-10)14(22)11-2-1-9-23-11/h10-11H,1-9H2,(H2,16,19)(H,17,21). The zero-order valence-electron chi connectivity index (χ0n) is 13.6. The topological polar surface area (TPSA) is 110 Å². The highest BCUT2D eigenvalue weighted by Gasteiger charge is 2.32. The van der Waals surface area contributed by atoms with E-state index >= 15 is 0 Å². The van der Waals surface area contributed by atoms with E-state index in [1.165, 1.54) is 11.3 Å². The lowest BCUT2D eigenvalue weighted by atomic mass is 9.95. The van der Waals surface area contributed by atoms with Gasteiger partial charge in [0.15, 0.2) is 0 Å². The molecule has 1 aromatic rings. The van der Waals surface area contributed by atoms with Crippen LogP contribution in [-0.2, 0) is 20.7 Å². The molecule has 2 aliphatic rings. The van der Waals surface area contributed by atoms with Gasteiger partial charge in [0.1, 0.15) is 11.1 Å². The molecular formula is C15H23N5O3S. The van der Waals surface area contributed by atoms with Crippen molar-refractivity contribution in [3.05, 3.63) is 5.01 Å². The van der Waals surface area contributed by atoms with Gasteiger partial charge in [0.05, 0.1) is 0 Å². The molecule has 3 N–H and O–H groups in total. The van der Waals surface area contributed by atoms with E-state index in [0.717, 1.165) is 17.8 Å². The fourth-order valence-electron chi connectivity index (χ4n) is 3.14. The predicted octanol–water partition coefficient (Wildman–Crippen LogP) is 0.197. The molecule has 2 amide bonds. The van der Waals surface area contributed by atoms with Crippen LogP contribution in [0.4, 0.5) is 5.13 Å². The Morgan fingerprint density at radius 1 is 1.29 bits per heavy atom. The Morgan fingerprint density at radius 2 is 2.08 bits per heavy atom. The molecule has 3 heterocycles. The minimum Gasteiger partial charge on any atom is -0.374 e. The van der Waals surface area contributed by atoms with E-state index in [9.17, 15) is 9.59 Å². The molecule has 0 radical (unpaired) electrons. The highest BCUT2D eigenvalue weighted by atomic mass is 32.1. The smallest absolute Gasteiger partial charge is 0.251 e. The van der Waals surface area contributed by atoms with E-state index in [0.29, 0.717) is 50.6 Å². The Kier molecular flexibility index (Phi) is 5.62. The molecular weight excluding hydrogens is 330 g/mol. The van der Waals surface area contributed by atoms with Gasteiger partial charge in [-0.3, -0.25) is 9.59 Å². The van der Waals surface area contributed by atoms with Crippen molar-refractivity contribution in [2.75, 3.05) is 32.0 Å². The van der Waals surface area contributed by atoms with Gasteiger partial charge in [-0.25, -0.2) is 0 Å². The number of carbonyl (C=O) groups excluding carboxylic acids is 2. The van der Waals surface area contributed by atoms with Crippen LogP contribution in [0.2, 0.25) is 0 Å². The predicted molar refractivity (Wildman–Crippen MR) is 89.3 cm³/mol. The number of aromatic nitrogens is 2. The third-order valence-corrected chi connectivity index (χ3v) is 5.32. The molecule has 9 heteroatoms. The van der Waals surface area contributed by atoms with Crippen LogP contribution in [0, 0.1) is 5.92 Å². The van der Waals surface area contributed by atoms with Crippen molar-refractivity contribution in [2.45, 2.75) is 38.2 Å². The highest BCUT2D eigenvalue weighted by molar-refractivity contribution is 7.15. The molecule has 3 rings (SSSR count). The fourth-order valence-corrected chi connectivity index (χ4v) is 3.75. The molecule has 0 bridgehead atoms. The fraction of sp³-hybridized carbons (Fsp3) is 0.733. The zero-order valence-corrected chi connectivity index (χ0v) is 14.4. The lowest BCUT2D eigenvalue weighted by molar-refractivity contribution is -0.143. The summed E-state index contributed by atoms with van der Waals surface area (Å²) < 4.78 is 5.45. The van der Waals surface area contributed by atoms with E-state index < -0.39 is 0 Å². The number of piperidine rings is 1. The van der Waals surface area contributed by atoms with Crippen molar-refractivity contribution in [3.63, 3.8) is 0 Å². The van der Waals surface area contributed by atoms with Crippen molar-refractivity contribution in [3.8, 4) is 0 Å². The van der Waals surface area contributed by atoms with Crippen LogP contribution in [0.5, 0.6) is 0 Å². The molecule has 0 spiro atoms. The molecule has 1 atom stereocenters. The first kappa shape index (κ1) is 17.1. The number of carbonyl (C=O) groups is 2. The summed E-state index contributed by atoms with van der Waals surface area (Å²) in [7, 11) is 0. The number of nitrogens with two attached hydrogens (primary N) is 1. The van der Waals surface area contributed by atoms with Crippen LogP contribution in [0.3, 0.4) is 0 Å². The summed E-state index contributed by atoms with van der Waals surface area (Å²) in [4.78, 5) is 26.4. The van der Waals surface area contributed by atoms with Crippen LogP contribution in [0.1, 0.15) is 30.7 Å². The van der Waals surface area contributed by atoms with Crippen LogP contribution in [0.25, 0.3) is 0 Å². The van der Waals surface area contributed by atoms with E-state index in [4.69, 9.17) is 10.5 Å². The number of nitrogen functional groups attached to an aromatic ring is 1. The first-order valence-electron chi connectivity index (χ1n) is 8.39. The molecule has 0 aromatic carbocycles. The SMILES string of the molecule is Nc1nnc(CCNC(=O)C2CCN(C(=O)C3CCCO3)CC2)s1. The largest absolute Gasteiger partial charge is 0.374 e. The van der Waals surface area contributed by atoms with Crippen LogP contribution >= 0.6 is 11.3 Å². The summed E-state index contributed by atoms with van der Waals surface area (Å²) in [5.41, 5.74) is 5.53. The van der Waals surface area contributed by atoms with Crippen LogP contribution in [-0.4, -0.2) is 59.3 Å². The van der Waals surface area contributed by atoms with Gasteiger partial charge in [0.25, 0.3) is 5.91 Å². The van der Waals surface area contributed by atoms with Crippen molar-refractivity contribution < 1.29 is 14.3 Å². The number of anilines is 1. The molecule has 0 aliphatic carbocycles. The average molecular weight is 353 g/mol. The maximum Gasteiger partial charge on any atom is 0.251 e. The number of nitrogens with zero attached hydrogens (tertiary/aromatic N) is 3. The van der Waals surface area contributed by atoms with Gasteiger partial charge < -0.3 is 20.7 Å². The number of hydrogen-bond donors (Lipinski definition) is 2. The van der Waals surface area contributed by atoms with Crippen molar-refractivity contribution in [1.29, 1.82) is 0 Å². The van der Waals surface area contributed by atoms with Gasteiger partial charge in [-0.2, -0.15) is 0 Å². The molecule has 1 unspecified atom stereocenters. The highest BCUT2D eigenvalue weighted by Crippen LogP contribution is 2.21. The van der Waals surface area contributed by atoms with E-state index in [1.807, 2.05) is 4.90 Å². The Labute approximate surface area is 144 Å². The van der Waals surface area contributed by atoms with E-state index in [1.54, 1.807) is 0 Å². The Hall–Kier alpha value is -1.74. The second-order valence-electron chi connectivity index (χ2n) is 6.18. The van der Waals surface area contributed by atoms with Crippen molar-refractivity contribution in [1.82, 2.24) is 20.4 Å². The molecule has 2 saturated heterocycles. The Morgan fingerprint density at radius 3 is 2.71 bits per heavy atom. The minimum absolute atomic E-state index is 0.0296. The average Bonchev–Trinajstić information content (AvgIpc) is 3.26. The lowest BCUT2D eigenvalue weighted by Gasteiger charge is -2.32. The monoisotopic (exact) mass is 353 g/mol. The van der Waals surface area contributed by atoms with Gasteiger partial charge in [0.2, 0.25) is 11.0 Å². The summed E-state index contributed by atoms with van der Waals surface area (Å²) >= 11 is 1.34. The Bertz CT molecular complexity index is 579. The van der Waals surface area contributed by atoms with Gasteiger partial charge in [0, 0.05) is 38.6 Å². The summed E-state index contributed by atoms with van der Waals surface area (Å²) in [5, 5.41) is 11.9. The maximum atomic E-state index is 12.3. The molecule has 2 aliphatic heterocycles. The first-order valence-corrected chi connectivity index (χ1v) is 9.21. The number of hydrogen-bond acceptors (Lipinski definition) is 7. The van der Waals surface area contributed by atoms with E-state index in [-0.39, 0.29) is 23.8 Å². The summed E-state index contributed by atoms with van der Waals surface area (Å²) in [6.07, 6.45) is 3.54. The van der Waals surface area contributed by atoms with Gasteiger partial charge in [-0.05, 0) is 25.7 Å². The molecule has 0 saturated carbocycles. The number of ether oxygens (including phenoxy) is 1. The number of likely N-dealkylation sites (tertiary alicyclic amines) is 1. The lowest BCUT2D eigenvalue weighted by Crippen LogP contribution is -2.46. The molecule has 1 aromatic heterocycles. The van der Waals surface area contributed by atoms with Crippen molar-refractivity contribution >= 4 is 28.3 Å². The van der Waals surface area contributed by atoms with Gasteiger partial charge >= 0.3 is 0 Å². The third-order valence-electron chi connectivity index (χ3n) is 4.50. The van der Waals surface area contributed by atoms with Gasteiger partial charge in [-0.1, -0.05) is 11.3 Å². The maximum absolute atomic E-state index is 12.3. The zero-order chi connectivity index (χ0) is 16.9. The molecule has 8 nitrogen and oxygen atoms in total. The first-order chi connectivity index (χ1) is 11.6. The molecule has 24 heavy (non-hydrogen) atoms. The summed E-state index contributed by atoms with van der Waals surface area (Å²) in [6.45, 7) is 2.46. The van der Waals surface area contributed by atoms with E-state index in [2.05, 4.69) is 15.5 Å². The van der Waals surface area contributed by atoms with Crippen molar-refractivity contribution in [2.24, 2.45) is 5.92 Å². The van der Waals surface area contributed by atoms with Crippen LogP contribution in [0.15, 0.2) is 0 Å². The molecule has 2 fully saturated rings. The molecule has 132 valence electrons. The number of rotatable bonds is 5.